The Balaban J connectivity index is 1.87. The third-order valence-electron chi connectivity index (χ3n) is 5.56. The van der Waals surface area contributed by atoms with E-state index in [4.69, 9.17) is 5.73 Å². The van der Waals surface area contributed by atoms with E-state index in [1.54, 1.807) is 0 Å². The van der Waals surface area contributed by atoms with Gasteiger partial charge in [0.2, 0.25) is 0 Å². The Hall–Kier alpha value is -0.860. The predicted octanol–water partition coefficient (Wildman–Crippen LogP) is 4.04. The number of likely N-dealkylation sites (tertiary alicyclic amines) is 1. The number of hydrogen-bond acceptors (Lipinski definition) is 2. The van der Waals surface area contributed by atoms with E-state index < -0.39 is 0 Å². The maximum Gasteiger partial charge on any atom is 0.0499 e. The van der Waals surface area contributed by atoms with Gasteiger partial charge in [-0.2, -0.15) is 0 Å². The molecule has 1 aliphatic carbocycles. The van der Waals surface area contributed by atoms with Crippen LogP contribution in [-0.4, -0.2) is 23.5 Å². The molecule has 2 fully saturated rings. The summed E-state index contributed by atoms with van der Waals surface area (Å²) in [4.78, 5) is 2.75. The molecule has 0 bridgehead atoms. The molecular formula is C19H30N2. The normalized spacial score (nSPS) is 29.7. The summed E-state index contributed by atoms with van der Waals surface area (Å²) in [6.07, 6.45) is 8.41. The first-order chi connectivity index (χ1) is 10.2. The fraction of sp³-hybridized carbons (Fsp3) is 0.684. The van der Waals surface area contributed by atoms with E-state index in [0.717, 1.165) is 12.0 Å². The Morgan fingerprint density at radius 3 is 2.43 bits per heavy atom. The van der Waals surface area contributed by atoms with Crippen molar-refractivity contribution < 1.29 is 0 Å². The number of piperidine rings is 1. The second kappa shape index (κ2) is 6.50. The van der Waals surface area contributed by atoms with E-state index in [0.29, 0.717) is 6.04 Å². The third kappa shape index (κ3) is 3.17. The molecular weight excluding hydrogens is 256 g/mol. The quantitative estimate of drug-likeness (QED) is 0.908. The number of nitrogens with two attached hydrogens (primary N) is 1. The molecule has 2 aliphatic rings. The maximum absolute atomic E-state index is 6.42. The van der Waals surface area contributed by atoms with Gasteiger partial charge in [0.25, 0.3) is 0 Å². The van der Waals surface area contributed by atoms with Crippen molar-refractivity contribution in [1.82, 2.24) is 4.90 Å². The Kier molecular flexibility index (Phi) is 4.66. The second-order valence-electron chi connectivity index (χ2n) is 7.21. The lowest BCUT2D eigenvalue weighted by Crippen LogP contribution is -2.52. The van der Waals surface area contributed by atoms with E-state index in [9.17, 15) is 0 Å². The van der Waals surface area contributed by atoms with Crippen LogP contribution in [0.2, 0.25) is 0 Å². The van der Waals surface area contributed by atoms with E-state index in [-0.39, 0.29) is 6.04 Å². The number of rotatable bonds is 3. The number of fused-ring (bicyclic) bond motifs is 1. The summed E-state index contributed by atoms with van der Waals surface area (Å²) in [5.41, 5.74) is 9.15. The van der Waals surface area contributed by atoms with Crippen molar-refractivity contribution in [2.75, 3.05) is 6.54 Å². The van der Waals surface area contributed by atoms with Gasteiger partial charge in [-0.05, 0) is 57.6 Å². The zero-order valence-corrected chi connectivity index (χ0v) is 13.6. The molecule has 0 amide bonds. The Morgan fingerprint density at radius 1 is 1.05 bits per heavy atom. The molecule has 0 aromatic heterocycles. The molecule has 1 aromatic rings. The Morgan fingerprint density at radius 2 is 1.71 bits per heavy atom. The summed E-state index contributed by atoms with van der Waals surface area (Å²) in [6, 6.07) is 10.4. The smallest absolute Gasteiger partial charge is 0.0499 e. The highest BCUT2D eigenvalue weighted by atomic mass is 15.2. The molecule has 1 saturated carbocycles. The highest BCUT2D eigenvalue weighted by molar-refractivity contribution is 5.25. The van der Waals surface area contributed by atoms with Gasteiger partial charge in [-0.1, -0.05) is 42.7 Å². The van der Waals surface area contributed by atoms with Gasteiger partial charge < -0.3 is 5.73 Å². The average molecular weight is 286 g/mol. The van der Waals surface area contributed by atoms with Crippen LogP contribution in [0.3, 0.4) is 0 Å². The van der Waals surface area contributed by atoms with E-state index >= 15 is 0 Å². The summed E-state index contributed by atoms with van der Waals surface area (Å²) < 4.78 is 0. The molecule has 1 saturated heterocycles. The van der Waals surface area contributed by atoms with Crippen molar-refractivity contribution in [3.63, 3.8) is 0 Å². The fourth-order valence-electron chi connectivity index (χ4n) is 4.57. The van der Waals surface area contributed by atoms with Crippen molar-refractivity contribution in [2.24, 2.45) is 11.7 Å². The van der Waals surface area contributed by atoms with Crippen LogP contribution in [0.4, 0.5) is 0 Å². The Labute approximate surface area is 129 Å². The lowest BCUT2D eigenvalue weighted by Gasteiger charge is -2.49. The lowest BCUT2D eigenvalue weighted by molar-refractivity contribution is 0.0178. The van der Waals surface area contributed by atoms with Crippen LogP contribution in [0.5, 0.6) is 0 Å². The SMILES string of the molecule is Cc1ccc(C(C(C)N)N2CCC[C@H]3CCCC[C@H]32)cc1. The second-order valence-corrected chi connectivity index (χ2v) is 7.21. The van der Waals surface area contributed by atoms with Crippen LogP contribution < -0.4 is 5.73 Å². The molecule has 2 heteroatoms. The predicted molar refractivity (Wildman–Crippen MR) is 89.3 cm³/mol. The molecule has 1 aliphatic heterocycles. The topological polar surface area (TPSA) is 29.3 Å². The number of aryl methyl sites for hydroxylation is 1. The zero-order chi connectivity index (χ0) is 14.8. The first-order valence-electron chi connectivity index (χ1n) is 8.74. The molecule has 2 unspecified atom stereocenters. The van der Waals surface area contributed by atoms with E-state index in [1.165, 1.54) is 56.2 Å². The van der Waals surface area contributed by atoms with Crippen molar-refractivity contribution in [3.8, 4) is 0 Å². The van der Waals surface area contributed by atoms with Gasteiger partial charge in [0, 0.05) is 18.1 Å². The van der Waals surface area contributed by atoms with Crippen LogP contribution in [0.25, 0.3) is 0 Å². The van der Waals surface area contributed by atoms with Gasteiger partial charge in [-0.25, -0.2) is 0 Å². The third-order valence-corrected chi connectivity index (χ3v) is 5.56. The molecule has 4 atom stereocenters. The first-order valence-corrected chi connectivity index (χ1v) is 8.74. The lowest BCUT2D eigenvalue weighted by atomic mass is 9.77. The summed E-state index contributed by atoms with van der Waals surface area (Å²) in [6.45, 7) is 5.56. The molecule has 0 radical (unpaired) electrons. The molecule has 21 heavy (non-hydrogen) atoms. The van der Waals surface area contributed by atoms with Crippen LogP contribution in [0.1, 0.15) is 62.6 Å². The minimum absolute atomic E-state index is 0.188. The summed E-state index contributed by atoms with van der Waals surface area (Å²) in [5.74, 6) is 0.916. The van der Waals surface area contributed by atoms with Crippen LogP contribution in [-0.2, 0) is 0 Å². The van der Waals surface area contributed by atoms with Gasteiger partial charge in [-0.15, -0.1) is 0 Å². The van der Waals surface area contributed by atoms with E-state index in [2.05, 4.69) is 43.0 Å². The molecule has 2 nitrogen and oxygen atoms in total. The molecule has 1 aromatic carbocycles. The van der Waals surface area contributed by atoms with Crippen LogP contribution >= 0.6 is 0 Å². The van der Waals surface area contributed by atoms with Crippen molar-refractivity contribution in [1.29, 1.82) is 0 Å². The summed E-state index contributed by atoms with van der Waals surface area (Å²) >= 11 is 0. The number of hydrogen-bond donors (Lipinski definition) is 1. The number of benzene rings is 1. The minimum Gasteiger partial charge on any atom is -0.326 e. The van der Waals surface area contributed by atoms with Gasteiger partial charge in [0.15, 0.2) is 0 Å². The first kappa shape index (κ1) is 15.1. The van der Waals surface area contributed by atoms with Gasteiger partial charge in [0.1, 0.15) is 0 Å². The molecule has 2 N–H and O–H groups in total. The molecule has 0 spiro atoms. The largest absolute Gasteiger partial charge is 0.326 e. The summed E-state index contributed by atoms with van der Waals surface area (Å²) in [7, 11) is 0. The zero-order valence-electron chi connectivity index (χ0n) is 13.6. The van der Waals surface area contributed by atoms with Crippen molar-refractivity contribution in [2.45, 2.75) is 70.5 Å². The Bertz CT molecular complexity index is 449. The minimum atomic E-state index is 0.188. The van der Waals surface area contributed by atoms with Gasteiger partial charge in [-0.3, -0.25) is 4.90 Å². The van der Waals surface area contributed by atoms with Crippen molar-refractivity contribution in [3.05, 3.63) is 35.4 Å². The molecule has 116 valence electrons. The van der Waals surface area contributed by atoms with Gasteiger partial charge in [0.05, 0.1) is 0 Å². The maximum atomic E-state index is 6.42. The van der Waals surface area contributed by atoms with Crippen LogP contribution in [0, 0.1) is 12.8 Å². The molecule has 3 rings (SSSR count). The standard InChI is InChI=1S/C19H30N2/c1-14-9-11-17(12-10-14)19(15(2)20)21-13-5-7-16-6-3-4-8-18(16)21/h9-12,15-16,18-19H,3-8,13,20H2,1-2H3/t15?,16-,18-,19?/m1/s1. The van der Waals surface area contributed by atoms with Crippen LogP contribution in [0.15, 0.2) is 24.3 Å². The van der Waals surface area contributed by atoms with Crippen molar-refractivity contribution >= 4 is 0 Å². The average Bonchev–Trinajstić information content (AvgIpc) is 2.49. The summed E-state index contributed by atoms with van der Waals surface area (Å²) in [5, 5.41) is 0. The molecule has 1 heterocycles. The van der Waals surface area contributed by atoms with E-state index in [1.807, 2.05) is 0 Å². The number of nitrogens with zero attached hydrogens (tertiary/aromatic N) is 1. The fourth-order valence-corrected chi connectivity index (χ4v) is 4.57. The highest BCUT2D eigenvalue weighted by Gasteiger charge is 2.38. The monoisotopic (exact) mass is 286 g/mol. The highest BCUT2D eigenvalue weighted by Crippen LogP contribution is 2.40. The van der Waals surface area contributed by atoms with Gasteiger partial charge >= 0.3 is 0 Å².